The maximum absolute atomic E-state index is 12.7. The fourth-order valence-corrected chi connectivity index (χ4v) is 5.13. The van der Waals surface area contributed by atoms with Gasteiger partial charge in [-0.1, -0.05) is 18.5 Å². The average Bonchev–Trinajstić information content (AvgIpc) is 2.63. The maximum Gasteiger partial charge on any atom is 0.277 e. The lowest BCUT2D eigenvalue weighted by Crippen LogP contribution is -3.15. The number of amides is 1. The van der Waals surface area contributed by atoms with Crippen LogP contribution in [0.15, 0.2) is 29.2 Å². The standard InChI is InChI=1S/C18H26ClN3O3S/c1-15-6-8-21(9-7-15)18(23)14-20-10-12-22(13-11-20)26(24,25)17-4-2-16(19)3-5-17/h2-5,15H,6-14H2,1H3/p+1. The summed E-state index contributed by atoms with van der Waals surface area (Å²) in [6.07, 6.45) is 2.16. The van der Waals surface area contributed by atoms with E-state index in [0.29, 0.717) is 43.7 Å². The molecule has 2 heterocycles. The summed E-state index contributed by atoms with van der Waals surface area (Å²) in [6.45, 7) is 6.58. The number of hydrogen-bond acceptors (Lipinski definition) is 3. The van der Waals surface area contributed by atoms with Gasteiger partial charge in [-0.2, -0.15) is 4.31 Å². The highest BCUT2D eigenvalue weighted by Gasteiger charge is 2.32. The molecule has 1 aromatic carbocycles. The molecule has 26 heavy (non-hydrogen) atoms. The molecule has 6 nitrogen and oxygen atoms in total. The van der Waals surface area contributed by atoms with Crippen LogP contribution in [0.3, 0.4) is 0 Å². The molecule has 8 heteroatoms. The van der Waals surface area contributed by atoms with Gasteiger partial charge in [-0.3, -0.25) is 4.79 Å². The molecule has 1 aromatic rings. The Morgan fingerprint density at radius 2 is 1.69 bits per heavy atom. The molecule has 2 saturated heterocycles. The van der Waals surface area contributed by atoms with E-state index in [1.54, 1.807) is 12.1 Å². The Bertz CT molecular complexity index is 723. The van der Waals surface area contributed by atoms with Crippen molar-refractivity contribution in [3.05, 3.63) is 29.3 Å². The van der Waals surface area contributed by atoms with Gasteiger partial charge in [0.25, 0.3) is 5.91 Å². The molecule has 0 bridgehead atoms. The van der Waals surface area contributed by atoms with Crippen LogP contribution < -0.4 is 4.90 Å². The van der Waals surface area contributed by atoms with E-state index in [-0.39, 0.29) is 10.8 Å². The van der Waals surface area contributed by atoms with Crippen LogP contribution in [0.25, 0.3) is 0 Å². The first-order valence-electron chi connectivity index (χ1n) is 9.23. The van der Waals surface area contributed by atoms with Gasteiger partial charge in [-0.25, -0.2) is 8.42 Å². The van der Waals surface area contributed by atoms with Gasteiger partial charge in [0, 0.05) is 18.1 Å². The molecule has 1 N–H and O–H groups in total. The Morgan fingerprint density at radius 1 is 1.12 bits per heavy atom. The first kappa shape index (κ1) is 19.6. The molecule has 0 unspecified atom stereocenters. The maximum atomic E-state index is 12.7. The lowest BCUT2D eigenvalue weighted by Gasteiger charge is -2.34. The number of carbonyl (C=O) groups excluding carboxylic acids is 1. The van der Waals surface area contributed by atoms with Gasteiger partial charge in [-0.05, 0) is 43.0 Å². The molecular weight excluding hydrogens is 374 g/mol. The summed E-state index contributed by atoms with van der Waals surface area (Å²) in [5.74, 6) is 0.897. The number of piperazine rings is 1. The van der Waals surface area contributed by atoms with E-state index in [2.05, 4.69) is 6.92 Å². The van der Waals surface area contributed by atoms with Crippen molar-refractivity contribution in [3.63, 3.8) is 0 Å². The summed E-state index contributed by atoms with van der Waals surface area (Å²) in [5.41, 5.74) is 0. The summed E-state index contributed by atoms with van der Waals surface area (Å²) in [5, 5.41) is 0.517. The third-order valence-electron chi connectivity index (χ3n) is 5.42. The minimum absolute atomic E-state index is 0.195. The third-order valence-corrected chi connectivity index (χ3v) is 7.58. The van der Waals surface area contributed by atoms with Gasteiger partial charge in [0.15, 0.2) is 6.54 Å². The second kappa shape index (κ2) is 8.25. The summed E-state index contributed by atoms with van der Waals surface area (Å²) in [4.78, 5) is 15.9. The van der Waals surface area contributed by atoms with Gasteiger partial charge < -0.3 is 9.80 Å². The summed E-state index contributed by atoms with van der Waals surface area (Å²) >= 11 is 5.84. The van der Waals surface area contributed by atoms with E-state index in [9.17, 15) is 13.2 Å². The van der Waals surface area contributed by atoms with Crippen molar-refractivity contribution >= 4 is 27.5 Å². The topological polar surface area (TPSA) is 62.1 Å². The fraction of sp³-hybridized carbons (Fsp3) is 0.611. The molecule has 0 radical (unpaired) electrons. The molecular formula is C18H27ClN3O3S+. The number of likely N-dealkylation sites (tertiary alicyclic amines) is 1. The van der Waals surface area contributed by atoms with Crippen molar-refractivity contribution in [2.45, 2.75) is 24.7 Å². The molecule has 0 atom stereocenters. The van der Waals surface area contributed by atoms with Crippen LogP contribution in [0.1, 0.15) is 19.8 Å². The summed E-state index contributed by atoms with van der Waals surface area (Å²) in [7, 11) is -3.49. The van der Waals surface area contributed by atoms with Crippen LogP contribution in [0, 0.1) is 5.92 Å². The number of hydrogen-bond donors (Lipinski definition) is 1. The zero-order chi connectivity index (χ0) is 18.7. The van der Waals surface area contributed by atoms with Crippen molar-refractivity contribution in [1.29, 1.82) is 0 Å². The predicted molar refractivity (Wildman–Crippen MR) is 101 cm³/mol. The highest BCUT2D eigenvalue weighted by atomic mass is 35.5. The average molecular weight is 401 g/mol. The van der Waals surface area contributed by atoms with Crippen molar-refractivity contribution in [3.8, 4) is 0 Å². The Balaban J connectivity index is 1.52. The van der Waals surface area contributed by atoms with Crippen molar-refractivity contribution in [1.82, 2.24) is 9.21 Å². The molecule has 3 rings (SSSR count). The molecule has 1 amide bonds. The molecule has 0 saturated carbocycles. The molecule has 0 aliphatic carbocycles. The van der Waals surface area contributed by atoms with Crippen LogP contribution in [0.4, 0.5) is 0 Å². The van der Waals surface area contributed by atoms with E-state index in [0.717, 1.165) is 30.8 Å². The van der Waals surface area contributed by atoms with Crippen LogP contribution >= 0.6 is 11.6 Å². The molecule has 0 aromatic heterocycles. The molecule has 2 aliphatic rings. The Hall–Kier alpha value is -1.15. The normalized spacial score (nSPS) is 21.1. The quantitative estimate of drug-likeness (QED) is 0.800. The van der Waals surface area contributed by atoms with Gasteiger partial charge >= 0.3 is 0 Å². The van der Waals surface area contributed by atoms with Gasteiger partial charge in [0.2, 0.25) is 10.0 Å². The lowest BCUT2D eigenvalue weighted by atomic mass is 9.99. The molecule has 2 aliphatic heterocycles. The minimum Gasteiger partial charge on any atom is -0.338 e. The highest BCUT2D eigenvalue weighted by Crippen LogP contribution is 2.18. The number of sulfonamides is 1. The molecule has 2 fully saturated rings. The fourth-order valence-electron chi connectivity index (χ4n) is 3.56. The number of benzene rings is 1. The number of piperidine rings is 1. The second-order valence-corrected chi connectivity index (χ2v) is 9.72. The van der Waals surface area contributed by atoms with E-state index >= 15 is 0 Å². The van der Waals surface area contributed by atoms with Crippen molar-refractivity contribution < 1.29 is 18.1 Å². The van der Waals surface area contributed by atoms with Crippen LogP contribution in [0.5, 0.6) is 0 Å². The smallest absolute Gasteiger partial charge is 0.277 e. The van der Waals surface area contributed by atoms with Crippen LogP contribution in [-0.2, 0) is 14.8 Å². The molecule has 0 spiro atoms. The Labute approximate surface area is 160 Å². The number of rotatable bonds is 4. The monoisotopic (exact) mass is 400 g/mol. The van der Waals surface area contributed by atoms with Crippen molar-refractivity contribution in [2.24, 2.45) is 5.92 Å². The Kier molecular flexibility index (Phi) is 6.22. The van der Waals surface area contributed by atoms with Crippen LogP contribution in [-0.4, -0.2) is 69.3 Å². The lowest BCUT2D eigenvalue weighted by molar-refractivity contribution is -0.896. The number of nitrogens with zero attached hydrogens (tertiary/aromatic N) is 2. The van der Waals surface area contributed by atoms with E-state index in [1.165, 1.54) is 16.4 Å². The third kappa shape index (κ3) is 4.57. The largest absolute Gasteiger partial charge is 0.338 e. The summed E-state index contributed by atoms with van der Waals surface area (Å²) < 4.78 is 26.9. The Morgan fingerprint density at radius 3 is 2.27 bits per heavy atom. The zero-order valence-corrected chi connectivity index (χ0v) is 16.7. The number of quaternary nitrogens is 1. The highest BCUT2D eigenvalue weighted by molar-refractivity contribution is 7.89. The number of halogens is 1. The number of carbonyl (C=O) groups is 1. The molecule has 144 valence electrons. The predicted octanol–water partition coefficient (Wildman–Crippen LogP) is 0.488. The SMILES string of the molecule is CC1CCN(C(=O)C[NH+]2CCN(S(=O)(=O)c3ccc(Cl)cc3)CC2)CC1. The van der Waals surface area contributed by atoms with Crippen molar-refractivity contribution in [2.75, 3.05) is 45.8 Å². The number of nitrogens with one attached hydrogen (secondary N) is 1. The first-order chi connectivity index (χ1) is 12.4. The summed E-state index contributed by atoms with van der Waals surface area (Å²) in [6, 6.07) is 6.26. The minimum atomic E-state index is -3.49. The van der Waals surface area contributed by atoms with Crippen LogP contribution in [0.2, 0.25) is 5.02 Å². The zero-order valence-electron chi connectivity index (χ0n) is 15.2. The van der Waals surface area contributed by atoms with Gasteiger partial charge in [-0.15, -0.1) is 0 Å². The van der Waals surface area contributed by atoms with Gasteiger partial charge in [0.05, 0.1) is 31.1 Å². The van der Waals surface area contributed by atoms with E-state index in [4.69, 9.17) is 11.6 Å². The van der Waals surface area contributed by atoms with Gasteiger partial charge in [0.1, 0.15) is 0 Å². The first-order valence-corrected chi connectivity index (χ1v) is 11.0. The second-order valence-electron chi connectivity index (χ2n) is 7.35. The van der Waals surface area contributed by atoms with E-state index < -0.39 is 10.0 Å². The van der Waals surface area contributed by atoms with E-state index in [1.807, 2.05) is 4.90 Å².